The van der Waals surface area contributed by atoms with Crippen molar-refractivity contribution >= 4 is 11.6 Å². The minimum atomic E-state index is -0.344. The number of nitrogens with one attached hydrogen (secondary N) is 1. The maximum absolute atomic E-state index is 10.9. The molecule has 0 spiro atoms. The third kappa shape index (κ3) is 4.32. The summed E-state index contributed by atoms with van der Waals surface area (Å²) in [5.74, 6) is 1.69. The summed E-state index contributed by atoms with van der Waals surface area (Å²) < 4.78 is 16.1. The van der Waals surface area contributed by atoms with Gasteiger partial charge in [0.2, 0.25) is 5.91 Å². The summed E-state index contributed by atoms with van der Waals surface area (Å²) in [6, 6.07) is 11.2. The molecule has 0 radical (unpaired) electrons. The topological polar surface area (TPSA) is 82.8 Å². The quantitative estimate of drug-likeness (QED) is 0.776. The first-order chi connectivity index (χ1) is 11.6. The SMILES string of the molecule is COc1cc(OC)c(CNc2ccc(CC(N)=O)cc2)c(OC)c1. The number of rotatable bonds is 8. The van der Waals surface area contributed by atoms with Gasteiger partial charge in [-0.3, -0.25) is 4.79 Å². The summed E-state index contributed by atoms with van der Waals surface area (Å²) >= 11 is 0. The van der Waals surface area contributed by atoms with Gasteiger partial charge in [0.15, 0.2) is 0 Å². The molecule has 0 aromatic heterocycles. The third-order valence-electron chi connectivity index (χ3n) is 3.62. The number of ether oxygens (including phenoxy) is 3. The van der Waals surface area contributed by atoms with Crippen LogP contribution in [0, 0.1) is 0 Å². The van der Waals surface area contributed by atoms with Crippen molar-refractivity contribution in [3.05, 3.63) is 47.5 Å². The Morgan fingerprint density at radius 3 is 2.04 bits per heavy atom. The van der Waals surface area contributed by atoms with Crippen LogP contribution in [0.5, 0.6) is 17.2 Å². The molecule has 0 atom stereocenters. The molecule has 0 aliphatic heterocycles. The van der Waals surface area contributed by atoms with E-state index in [2.05, 4.69) is 5.32 Å². The number of nitrogens with two attached hydrogens (primary N) is 1. The van der Waals surface area contributed by atoms with Gasteiger partial charge in [0.05, 0.1) is 33.3 Å². The van der Waals surface area contributed by atoms with E-state index in [0.717, 1.165) is 16.8 Å². The fraction of sp³-hybridized carbons (Fsp3) is 0.278. The zero-order valence-corrected chi connectivity index (χ0v) is 14.1. The lowest BCUT2D eigenvalue weighted by molar-refractivity contribution is -0.117. The highest BCUT2D eigenvalue weighted by molar-refractivity contribution is 5.76. The second kappa shape index (κ2) is 8.10. The van der Waals surface area contributed by atoms with Gasteiger partial charge in [-0.25, -0.2) is 0 Å². The van der Waals surface area contributed by atoms with Crippen molar-refractivity contribution in [1.29, 1.82) is 0 Å². The van der Waals surface area contributed by atoms with E-state index < -0.39 is 0 Å². The molecule has 0 unspecified atom stereocenters. The standard InChI is InChI=1S/C18H22N2O4/c1-22-14-9-16(23-2)15(17(10-14)24-3)11-20-13-6-4-12(5-7-13)8-18(19)21/h4-7,9-10,20H,8,11H2,1-3H3,(H2,19,21). The molecule has 3 N–H and O–H groups in total. The molecule has 6 heteroatoms. The van der Waals surface area contributed by atoms with Crippen LogP contribution in [-0.4, -0.2) is 27.2 Å². The zero-order valence-electron chi connectivity index (χ0n) is 14.1. The Labute approximate surface area is 141 Å². The molecule has 24 heavy (non-hydrogen) atoms. The van der Waals surface area contributed by atoms with Gasteiger partial charge in [0.25, 0.3) is 0 Å². The van der Waals surface area contributed by atoms with E-state index in [4.69, 9.17) is 19.9 Å². The Morgan fingerprint density at radius 1 is 1.00 bits per heavy atom. The van der Waals surface area contributed by atoms with Gasteiger partial charge >= 0.3 is 0 Å². The van der Waals surface area contributed by atoms with E-state index in [0.29, 0.717) is 23.8 Å². The highest BCUT2D eigenvalue weighted by Crippen LogP contribution is 2.34. The van der Waals surface area contributed by atoms with Gasteiger partial charge in [0, 0.05) is 24.4 Å². The minimum absolute atomic E-state index is 0.237. The lowest BCUT2D eigenvalue weighted by Gasteiger charge is -2.16. The third-order valence-corrected chi connectivity index (χ3v) is 3.62. The molecule has 0 saturated carbocycles. The Bertz CT molecular complexity index is 674. The summed E-state index contributed by atoms with van der Waals surface area (Å²) in [5.41, 5.74) is 7.88. The van der Waals surface area contributed by atoms with Crippen LogP contribution in [0.1, 0.15) is 11.1 Å². The van der Waals surface area contributed by atoms with Crippen LogP contribution < -0.4 is 25.3 Å². The van der Waals surface area contributed by atoms with Gasteiger partial charge in [-0.05, 0) is 17.7 Å². The molecule has 2 aromatic rings. The first-order valence-electron chi connectivity index (χ1n) is 7.47. The fourth-order valence-electron chi connectivity index (χ4n) is 2.38. The predicted molar refractivity (Wildman–Crippen MR) is 92.8 cm³/mol. The molecule has 0 heterocycles. The van der Waals surface area contributed by atoms with Crippen molar-refractivity contribution in [2.24, 2.45) is 5.73 Å². The Morgan fingerprint density at radius 2 is 1.58 bits per heavy atom. The summed E-state index contributed by atoms with van der Waals surface area (Å²) in [7, 11) is 4.81. The smallest absolute Gasteiger partial charge is 0.221 e. The van der Waals surface area contributed by atoms with Crippen LogP contribution in [0.3, 0.4) is 0 Å². The van der Waals surface area contributed by atoms with E-state index in [-0.39, 0.29) is 12.3 Å². The summed E-state index contributed by atoms with van der Waals surface area (Å²) in [4.78, 5) is 10.9. The van der Waals surface area contributed by atoms with Crippen molar-refractivity contribution in [3.63, 3.8) is 0 Å². The van der Waals surface area contributed by atoms with Crippen LogP contribution in [0.15, 0.2) is 36.4 Å². The first kappa shape index (κ1) is 17.5. The molecule has 2 aromatic carbocycles. The zero-order chi connectivity index (χ0) is 17.5. The van der Waals surface area contributed by atoms with Gasteiger partial charge < -0.3 is 25.3 Å². The van der Waals surface area contributed by atoms with Crippen molar-refractivity contribution in [2.75, 3.05) is 26.6 Å². The van der Waals surface area contributed by atoms with Crippen LogP contribution in [0.2, 0.25) is 0 Å². The number of carbonyl (C=O) groups excluding carboxylic acids is 1. The number of methoxy groups -OCH3 is 3. The molecule has 0 fully saturated rings. The first-order valence-corrected chi connectivity index (χ1v) is 7.47. The fourth-order valence-corrected chi connectivity index (χ4v) is 2.38. The lowest BCUT2D eigenvalue weighted by Crippen LogP contribution is -2.13. The molecule has 2 rings (SSSR count). The maximum Gasteiger partial charge on any atom is 0.221 e. The number of anilines is 1. The molecule has 0 saturated heterocycles. The number of hydrogen-bond donors (Lipinski definition) is 2. The second-order valence-corrected chi connectivity index (χ2v) is 5.20. The summed E-state index contributed by atoms with van der Waals surface area (Å²) in [6.07, 6.45) is 0.237. The van der Waals surface area contributed by atoms with Crippen molar-refractivity contribution in [3.8, 4) is 17.2 Å². The van der Waals surface area contributed by atoms with E-state index >= 15 is 0 Å². The highest BCUT2D eigenvalue weighted by atomic mass is 16.5. The average molecular weight is 330 g/mol. The van der Waals surface area contributed by atoms with Crippen molar-refractivity contribution in [1.82, 2.24) is 0 Å². The second-order valence-electron chi connectivity index (χ2n) is 5.20. The van der Waals surface area contributed by atoms with E-state index in [9.17, 15) is 4.79 Å². The van der Waals surface area contributed by atoms with Crippen molar-refractivity contribution < 1.29 is 19.0 Å². The van der Waals surface area contributed by atoms with Gasteiger partial charge in [0.1, 0.15) is 17.2 Å². The Hall–Kier alpha value is -2.89. The lowest BCUT2D eigenvalue weighted by atomic mass is 10.1. The summed E-state index contributed by atoms with van der Waals surface area (Å²) in [6.45, 7) is 0.519. The van der Waals surface area contributed by atoms with E-state index in [1.807, 2.05) is 36.4 Å². The number of hydrogen-bond acceptors (Lipinski definition) is 5. The average Bonchev–Trinajstić information content (AvgIpc) is 2.59. The van der Waals surface area contributed by atoms with Gasteiger partial charge in [-0.15, -0.1) is 0 Å². The predicted octanol–water partition coefficient (Wildman–Crippen LogP) is 2.35. The molecular weight excluding hydrogens is 308 g/mol. The molecular formula is C18H22N2O4. The van der Waals surface area contributed by atoms with Crippen molar-refractivity contribution in [2.45, 2.75) is 13.0 Å². The Balaban J connectivity index is 2.14. The normalized spacial score (nSPS) is 10.1. The van der Waals surface area contributed by atoms with E-state index in [1.54, 1.807) is 21.3 Å². The minimum Gasteiger partial charge on any atom is -0.496 e. The number of primary amides is 1. The van der Waals surface area contributed by atoms with Gasteiger partial charge in [-0.2, -0.15) is 0 Å². The van der Waals surface area contributed by atoms with Crippen LogP contribution >= 0.6 is 0 Å². The number of benzene rings is 2. The summed E-state index contributed by atoms with van der Waals surface area (Å²) in [5, 5.41) is 3.31. The Kier molecular flexibility index (Phi) is 5.89. The molecule has 6 nitrogen and oxygen atoms in total. The molecule has 0 aliphatic carbocycles. The highest BCUT2D eigenvalue weighted by Gasteiger charge is 2.13. The molecule has 0 bridgehead atoms. The van der Waals surface area contributed by atoms with Crippen LogP contribution in [-0.2, 0) is 17.8 Å². The molecule has 128 valence electrons. The monoisotopic (exact) mass is 330 g/mol. The number of amides is 1. The largest absolute Gasteiger partial charge is 0.496 e. The number of carbonyl (C=O) groups is 1. The molecule has 1 amide bonds. The van der Waals surface area contributed by atoms with E-state index in [1.165, 1.54) is 0 Å². The van der Waals surface area contributed by atoms with Gasteiger partial charge in [-0.1, -0.05) is 12.1 Å². The molecule has 0 aliphatic rings. The maximum atomic E-state index is 10.9. The van der Waals surface area contributed by atoms with Crippen LogP contribution in [0.4, 0.5) is 5.69 Å². The van der Waals surface area contributed by atoms with Crippen LogP contribution in [0.25, 0.3) is 0 Å².